The highest BCUT2D eigenvalue weighted by Gasteiger charge is 2.29. The van der Waals surface area contributed by atoms with Gasteiger partial charge in [-0.25, -0.2) is 4.79 Å². The largest absolute Gasteiger partial charge is 0.548 e. The van der Waals surface area contributed by atoms with Crippen molar-refractivity contribution in [1.82, 2.24) is 4.90 Å². The van der Waals surface area contributed by atoms with Crippen LogP contribution >= 0.6 is 0 Å². The first-order valence-electron chi connectivity index (χ1n) is 8.48. The standard InChI is InChI=1S/C19H21NO6/c1-10-11(2)19(24)26-17-12(3)15(7-6-13(10)17)25-9-16(21)20-8-4-5-14(20)18(22)23/h6-7,14H,4-5,8-9H2,1-3H3,(H,22,23)/p-1/t14-/m0/s1. The summed E-state index contributed by atoms with van der Waals surface area (Å²) < 4.78 is 11.0. The molecule has 0 aliphatic carbocycles. The lowest BCUT2D eigenvalue weighted by atomic mass is 10.0. The molecule has 0 unspecified atom stereocenters. The first-order chi connectivity index (χ1) is 12.3. The molecule has 0 radical (unpaired) electrons. The van der Waals surface area contributed by atoms with Crippen LogP contribution in [0.1, 0.15) is 29.5 Å². The zero-order chi connectivity index (χ0) is 19.0. The summed E-state index contributed by atoms with van der Waals surface area (Å²) in [5.74, 6) is -1.23. The van der Waals surface area contributed by atoms with Crippen LogP contribution in [-0.2, 0) is 9.59 Å². The molecule has 7 nitrogen and oxygen atoms in total. The number of carboxylic acid groups (broad SMARTS) is 1. The summed E-state index contributed by atoms with van der Waals surface area (Å²) in [6.07, 6.45) is 1.02. The number of aliphatic carboxylic acids is 1. The summed E-state index contributed by atoms with van der Waals surface area (Å²) in [6.45, 7) is 5.41. The fourth-order valence-electron chi connectivity index (χ4n) is 3.31. The predicted octanol–water partition coefficient (Wildman–Crippen LogP) is 0.838. The Balaban J connectivity index is 1.82. The average molecular weight is 358 g/mol. The summed E-state index contributed by atoms with van der Waals surface area (Å²) >= 11 is 0. The van der Waals surface area contributed by atoms with E-state index >= 15 is 0 Å². The van der Waals surface area contributed by atoms with Crippen molar-refractivity contribution in [3.05, 3.63) is 39.2 Å². The van der Waals surface area contributed by atoms with E-state index in [1.165, 1.54) is 4.90 Å². The lowest BCUT2D eigenvalue weighted by molar-refractivity contribution is -0.310. The molecular weight excluding hydrogens is 338 g/mol. The number of amides is 1. The van der Waals surface area contributed by atoms with Crippen LogP contribution in [0.4, 0.5) is 0 Å². The summed E-state index contributed by atoms with van der Waals surface area (Å²) in [6, 6.07) is 2.61. The smallest absolute Gasteiger partial charge is 0.339 e. The van der Waals surface area contributed by atoms with Gasteiger partial charge in [0.2, 0.25) is 0 Å². The number of rotatable bonds is 4. The lowest BCUT2D eigenvalue weighted by Crippen LogP contribution is -2.48. The van der Waals surface area contributed by atoms with Crippen LogP contribution in [0, 0.1) is 20.8 Å². The minimum absolute atomic E-state index is 0.287. The van der Waals surface area contributed by atoms with Gasteiger partial charge in [0.15, 0.2) is 6.61 Å². The Morgan fingerprint density at radius 2 is 1.96 bits per heavy atom. The summed E-state index contributed by atoms with van der Waals surface area (Å²) in [5, 5.41) is 11.9. The Labute approximate surface area is 150 Å². The normalized spacial score (nSPS) is 16.9. The van der Waals surface area contributed by atoms with E-state index in [1.54, 1.807) is 26.0 Å². The van der Waals surface area contributed by atoms with E-state index in [-0.39, 0.29) is 6.61 Å². The highest BCUT2D eigenvalue weighted by atomic mass is 16.5. The van der Waals surface area contributed by atoms with Crippen LogP contribution in [0.3, 0.4) is 0 Å². The number of aryl methyl sites for hydroxylation is 2. The molecule has 1 aromatic heterocycles. The van der Waals surface area contributed by atoms with Gasteiger partial charge in [0.1, 0.15) is 11.3 Å². The minimum Gasteiger partial charge on any atom is -0.548 e. The second-order valence-corrected chi connectivity index (χ2v) is 6.56. The topological polar surface area (TPSA) is 99.9 Å². The molecule has 7 heteroatoms. The third-order valence-corrected chi connectivity index (χ3v) is 5.02. The lowest BCUT2D eigenvalue weighted by Gasteiger charge is -2.25. The van der Waals surface area contributed by atoms with Gasteiger partial charge in [-0.15, -0.1) is 0 Å². The van der Waals surface area contributed by atoms with Crippen molar-refractivity contribution in [2.24, 2.45) is 0 Å². The Kier molecular flexibility index (Phi) is 4.71. The Morgan fingerprint density at radius 3 is 2.65 bits per heavy atom. The maximum atomic E-state index is 12.3. The van der Waals surface area contributed by atoms with Crippen molar-refractivity contribution in [2.45, 2.75) is 39.7 Å². The van der Waals surface area contributed by atoms with Crippen LogP contribution in [0.25, 0.3) is 11.0 Å². The van der Waals surface area contributed by atoms with E-state index in [0.717, 1.165) is 10.9 Å². The molecule has 1 aromatic carbocycles. The van der Waals surface area contributed by atoms with Crippen LogP contribution in [0.2, 0.25) is 0 Å². The monoisotopic (exact) mass is 358 g/mol. The van der Waals surface area contributed by atoms with Crippen LogP contribution in [-0.4, -0.2) is 36.0 Å². The first-order valence-corrected chi connectivity index (χ1v) is 8.48. The molecule has 2 aromatic rings. The van der Waals surface area contributed by atoms with Gasteiger partial charge >= 0.3 is 5.63 Å². The molecule has 1 atom stereocenters. The van der Waals surface area contributed by atoms with Crippen molar-refractivity contribution in [1.29, 1.82) is 0 Å². The number of carbonyl (C=O) groups excluding carboxylic acids is 2. The number of ether oxygens (including phenoxy) is 1. The van der Waals surface area contributed by atoms with E-state index in [0.29, 0.717) is 41.8 Å². The average Bonchev–Trinajstić information content (AvgIpc) is 3.10. The van der Waals surface area contributed by atoms with E-state index in [4.69, 9.17) is 9.15 Å². The van der Waals surface area contributed by atoms with E-state index in [1.807, 2.05) is 6.92 Å². The summed E-state index contributed by atoms with van der Waals surface area (Å²) in [4.78, 5) is 36.6. The molecule has 3 rings (SSSR count). The van der Waals surface area contributed by atoms with Gasteiger partial charge < -0.3 is 24.0 Å². The van der Waals surface area contributed by atoms with Crippen LogP contribution < -0.4 is 15.5 Å². The van der Waals surface area contributed by atoms with Crippen molar-refractivity contribution in [3.8, 4) is 5.75 Å². The molecule has 1 aliphatic heterocycles. The third-order valence-electron chi connectivity index (χ3n) is 5.02. The quantitative estimate of drug-likeness (QED) is 0.751. The van der Waals surface area contributed by atoms with Gasteiger partial charge in [0, 0.05) is 23.1 Å². The van der Waals surface area contributed by atoms with Crippen molar-refractivity contribution in [2.75, 3.05) is 13.2 Å². The minimum atomic E-state index is -1.25. The fourth-order valence-corrected chi connectivity index (χ4v) is 3.31. The number of fused-ring (bicyclic) bond motifs is 1. The number of carboxylic acids is 1. The molecule has 0 bridgehead atoms. The fraction of sp³-hybridized carbons (Fsp3) is 0.421. The Hall–Kier alpha value is -2.83. The molecule has 1 amide bonds. The number of hydrogen-bond acceptors (Lipinski definition) is 6. The third kappa shape index (κ3) is 3.05. The molecule has 138 valence electrons. The SMILES string of the molecule is Cc1c(C)c2ccc(OCC(=O)N3CCC[C@H]3C(=O)[O-])c(C)c2oc1=O. The molecule has 0 spiro atoms. The van der Waals surface area contributed by atoms with Crippen molar-refractivity contribution >= 4 is 22.8 Å². The van der Waals surface area contributed by atoms with E-state index in [9.17, 15) is 19.5 Å². The number of nitrogens with zero attached hydrogens (tertiary/aromatic N) is 1. The maximum Gasteiger partial charge on any atom is 0.339 e. The van der Waals surface area contributed by atoms with Gasteiger partial charge in [-0.1, -0.05) is 0 Å². The Morgan fingerprint density at radius 1 is 1.23 bits per heavy atom. The molecule has 1 aliphatic rings. The summed E-state index contributed by atoms with van der Waals surface area (Å²) in [5.41, 5.74) is 2.05. The zero-order valence-electron chi connectivity index (χ0n) is 15.0. The second kappa shape index (κ2) is 6.82. The molecule has 2 heterocycles. The molecule has 0 N–H and O–H groups in total. The van der Waals surface area contributed by atoms with Gasteiger partial charge in [0.25, 0.3) is 5.91 Å². The second-order valence-electron chi connectivity index (χ2n) is 6.56. The molecular formula is C19H20NO6-. The predicted molar refractivity (Wildman–Crippen MR) is 91.9 cm³/mol. The highest BCUT2D eigenvalue weighted by molar-refractivity contribution is 5.86. The van der Waals surface area contributed by atoms with Crippen molar-refractivity contribution < 1.29 is 23.8 Å². The number of likely N-dealkylation sites (tertiary alicyclic amines) is 1. The maximum absolute atomic E-state index is 12.3. The van der Waals surface area contributed by atoms with Crippen LogP contribution in [0.15, 0.2) is 21.3 Å². The zero-order valence-corrected chi connectivity index (χ0v) is 15.0. The molecule has 0 saturated carbocycles. The molecule has 1 fully saturated rings. The number of carbonyl (C=O) groups is 2. The highest BCUT2D eigenvalue weighted by Crippen LogP contribution is 2.29. The van der Waals surface area contributed by atoms with Gasteiger partial charge in [-0.2, -0.15) is 0 Å². The number of hydrogen-bond donors (Lipinski definition) is 0. The first kappa shape index (κ1) is 18.0. The van der Waals surface area contributed by atoms with Crippen molar-refractivity contribution in [3.63, 3.8) is 0 Å². The number of benzene rings is 1. The van der Waals surface area contributed by atoms with Gasteiger partial charge in [0.05, 0.1) is 12.0 Å². The van der Waals surface area contributed by atoms with Gasteiger partial charge in [-0.3, -0.25) is 4.79 Å². The van der Waals surface area contributed by atoms with E-state index in [2.05, 4.69) is 0 Å². The van der Waals surface area contributed by atoms with E-state index < -0.39 is 23.5 Å². The molecule has 26 heavy (non-hydrogen) atoms. The van der Waals surface area contributed by atoms with Crippen LogP contribution in [0.5, 0.6) is 5.75 Å². The summed E-state index contributed by atoms with van der Waals surface area (Å²) in [7, 11) is 0. The Bertz CT molecular complexity index is 945. The molecule has 1 saturated heterocycles. The van der Waals surface area contributed by atoms with Gasteiger partial charge in [-0.05, 0) is 51.3 Å².